The second kappa shape index (κ2) is 31.0. The first-order chi connectivity index (χ1) is 32.3. The predicted octanol–water partition coefficient (Wildman–Crippen LogP) is 5.51. The third-order valence-corrected chi connectivity index (χ3v) is 15.1. The number of esters is 2. The van der Waals surface area contributed by atoms with E-state index in [-0.39, 0.29) is 25.1 Å². The Morgan fingerprint density at radius 1 is 0.912 bits per heavy atom. The van der Waals surface area contributed by atoms with Crippen LogP contribution in [0.15, 0.2) is 29.2 Å². The molecule has 2 bridgehead atoms. The Morgan fingerprint density at radius 3 is 2.26 bits per heavy atom. The van der Waals surface area contributed by atoms with Crippen LogP contribution in [0.4, 0.5) is 5.82 Å². The average Bonchev–Trinajstić information content (AvgIpc) is 3.27. The Labute approximate surface area is 400 Å². The molecule has 21 nitrogen and oxygen atoms in total. The molecule has 392 valence electrons. The summed E-state index contributed by atoms with van der Waals surface area (Å²) >= 11 is 0. The number of aliphatic hydroxyl groups is 5. The first-order valence-electron chi connectivity index (χ1n) is 24.4. The summed E-state index contributed by atoms with van der Waals surface area (Å²) < 4.78 is 58.9. The van der Waals surface area contributed by atoms with Gasteiger partial charge in [0.2, 0.25) is 0 Å². The Balaban J connectivity index is 1.87. The minimum atomic E-state index is -5.68. The maximum Gasteiger partial charge on any atom is 0.481 e. The average molecular weight is 1010 g/mol. The van der Waals surface area contributed by atoms with Gasteiger partial charge in [0.05, 0.1) is 37.6 Å². The molecule has 23 heteroatoms. The smallest absolute Gasteiger partial charge is 0.462 e. The lowest BCUT2D eigenvalue weighted by Crippen LogP contribution is -2.52. The summed E-state index contributed by atoms with van der Waals surface area (Å²) in [5.74, 6) is -3.27. The van der Waals surface area contributed by atoms with Crippen molar-refractivity contribution in [1.29, 1.82) is 0 Å². The highest BCUT2D eigenvalue weighted by molar-refractivity contribution is 7.61. The van der Waals surface area contributed by atoms with Crippen molar-refractivity contribution in [3.8, 4) is 0 Å². The summed E-state index contributed by atoms with van der Waals surface area (Å²) in [4.78, 5) is 64.0. The van der Waals surface area contributed by atoms with Gasteiger partial charge >= 0.3 is 33.3 Å². The summed E-state index contributed by atoms with van der Waals surface area (Å²) in [6, 6.07) is 1.26. The molecule has 2 fully saturated rings. The first kappa shape index (κ1) is 59.7. The molecule has 0 amide bonds. The summed E-state index contributed by atoms with van der Waals surface area (Å²) in [5.41, 5.74) is 4.80. The molecular formula is C45H79N3O18P2. The van der Waals surface area contributed by atoms with E-state index in [1.165, 1.54) is 30.8 Å². The zero-order valence-corrected chi connectivity index (χ0v) is 41.7. The molecule has 0 saturated carbocycles. The van der Waals surface area contributed by atoms with E-state index in [4.69, 9.17) is 29.0 Å². The molecule has 3 heterocycles. The fraction of sp³-hybridized carbons (Fsp3) is 0.822. The molecule has 2 aliphatic heterocycles. The first-order valence-corrected chi connectivity index (χ1v) is 27.3. The number of hydrogen-bond donors (Lipinski definition) is 8. The minimum Gasteiger partial charge on any atom is -0.462 e. The van der Waals surface area contributed by atoms with Gasteiger partial charge in [0.1, 0.15) is 30.9 Å². The maximum atomic E-state index is 13.3. The van der Waals surface area contributed by atoms with Crippen molar-refractivity contribution < 1.29 is 81.6 Å². The van der Waals surface area contributed by atoms with Gasteiger partial charge in [0.15, 0.2) is 6.10 Å². The number of nitrogens with two attached hydrogens (primary N) is 1. The van der Waals surface area contributed by atoms with Crippen LogP contribution in [-0.4, -0.2) is 119 Å². The Bertz CT molecular complexity index is 1820. The lowest BCUT2D eigenvalue weighted by molar-refractivity contribution is -0.195. The van der Waals surface area contributed by atoms with Crippen LogP contribution in [-0.2, 0) is 46.3 Å². The number of ether oxygens (including phenoxy) is 3. The van der Waals surface area contributed by atoms with Gasteiger partial charge in [-0.15, -0.1) is 0 Å². The molecule has 68 heavy (non-hydrogen) atoms. The van der Waals surface area contributed by atoms with Crippen LogP contribution in [0.3, 0.4) is 0 Å². The van der Waals surface area contributed by atoms with E-state index in [1.54, 1.807) is 0 Å². The molecule has 9 N–H and O–H groups in total. The maximum absolute atomic E-state index is 13.3. The number of anilines is 1. The summed E-state index contributed by atoms with van der Waals surface area (Å²) in [5, 5.41) is 57.4. The van der Waals surface area contributed by atoms with E-state index < -0.39 is 120 Å². The number of aromatic nitrogens is 2. The van der Waals surface area contributed by atoms with Crippen molar-refractivity contribution in [2.45, 2.75) is 198 Å². The number of cyclic esters (lactones) is 1. The van der Waals surface area contributed by atoms with Crippen LogP contribution in [0.1, 0.15) is 155 Å². The number of fused-ring (bicyclic) bond motifs is 3. The number of aliphatic hydroxyl groups excluding tert-OH is 5. The molecule has 0 aromatic carbocycles. The number of unbranched alkanes of at least 4 members (excludes halogenated alkanes) is 7. The van der Waals surface area contributed by atoms with Crippen LogP contribution in [0.5, 0.6) is 0 Å². The normalized spacial score (nSPS) is 32.0. The summed E-state index contributed by atoms with van der Waals surface area (Å²) in [7, 11) is -11.3. The SMILES string of the molecule is CCCCC[C@H](O)/C=C\[C@@H]1[C@H](O)[C@H](O)[C@H]2COP(=O)(O)OP(=O)(O)OC[C@@H](COC(=O)CCCCCCCCC(C)CC)OC(=O)CCCCCC[C@H]([C@H](n3ccc(N)nc3=O)O2)[C@@H](O)C[C@H]1O. The van der Waals surface area contributed by atoms with Crippen molar-refractivity contribution in [2.75, 3.05) is 25.6 Å². The standard InChI is InChI=1S/C45H79N3O18P2/c1-4-6-13-19-32(49)23-24-34-36(50)27-37(51)35-20-15-11-12-17-22-41(53)64-33(28-61-40(52)21-16-10-8-7-9-14-18-31(3)5-2)29-62-67(57,58)66-68(59,60)63-30-38(43(55)42(34)54)65-44(35)48-26-25-39(46)47-45(48)56/h23-26,31-38,42-44,49-51,54-55H,4-22,27-30H2,1-3H3,(H,57,58)(H,59,60)(H2,46,47,56)/b24-23-/t31?,32-,33+,34-,35-,36+,37-,38+,42-,43+,44+/m0/s1. The van der Waals surface area contributed by atoms with Crippen LogP contribution in [0.2, 0.25) is 0 Å². The molecule has 1 aromatic heterocycles. The third kappa shape index (κ3) is 22.2. The minimum absolute atomic E-state index is 0.0872. The third-order valence-electron chi connectivity index (χ3n) is 12.5. The number of carbonyl (C=O) groups excluding carboxylic acids is 2. The number of nitrogen functional groups attached to an aromatic ring is 1. The highest BCUT2D eigenvalue weighted by atomic mass is 31.3. The molecule has 3 unspecified atom stereocenters. The van der Waals surface area contributed by atoms with Crippen molar-refractivity contribution >= 4 is 33.4 Å². The van der Waals surface area contributed by atoms with E-state index in [0.717, 1.165) is 55.9 Å². The molecule has 0 spiro atoms. The number of carbonyl (C=O) groups is 2. The predicted molar refractivity (Wildman–Crippen MR) is 249 cm³/mol. The van der Waals surface area contributed by atoms with Crippen molar-refractivity contribution in [1.82, 2.24) is 9.55 Å². The molecule has 13 atom stereocenters. The van der Waals surface area contributed by atoms with Gasteiger partial charge in [-0.1, -0.05) is 116 Å². The number of nitrogens with zero attached hydrogens (tertiary/aromatic N) is 2. The largest absolute Gasteiger partial charge is 0.481 e. The zero-order valence-electron chi connectivity index (χ0n) is 39.9. The number of hydrogen-bond acceptors (Lipinski definition) is 18. The van der Waals surface area contributed by atoms with Gasteiger partial charge in [-0.05, 0) is 37.7 Å². The molecule has 2 aliphatic rings. The highest BCUT2D eigenvalue weighted by Gasteiger charge is 2.45. The van der Waals surface area contributed by atoms with E-state index in [1.807, 2.05) is 6.92 Å². The van der Waals surface area contributed by atoms with Gasteiger partial charge in [-0.2, -0.15) is 9.29 Å². The lowest BCUT2D eigenvalue weighted by atomic mass is 9.82. The lowest BCUT2D eigenvalue weighted by Gasteiger charge is -2.41. The monoisotopic (exact) mass is 1010 g/mol. The Hall–Kier alpha value is -2.62. The summed E-state index contributed by atoms with van der Waals surface area (Å²) in [6.45, 7) is 3.76. The summed E-state index contributed by atoms with van der Waals surface area (Å²) in [6.07, 6.45) is 2.88. The van der Waals surface area contributed by atoms with Gasteiger partial charge in [0, 0.05) is 37.3 Å². The van der Waals surface area contributed by atoms with Crippen LogP contribution in [0.25, 0.3) is 0 Å². The Morgan fingerprint density at radius 2 is 1.57 bits per heavy atom. The topological polar surface area (TPSA) is 326 Å². The van der Waals surface area contributed by atoms with Gasteiger partial charge in [0.25, 0.3) is 0 Å². The van der Waals surface area contributed by atoms with Crippen molar-refractivity contribution in [2.24, 2.45) is 17.8 Å². The highest BCUT2D eigenvalue weighted by Crippen LogP contribution is 2.60. The van der Waals surface area contributed by atoms with Gasteiger partial charge < -0.3 is 55.3 Å². The number of phosphoric acid groups is 2. The fourth-order valence-corrected chi connectivity index (χ4v) is 10.3. The van der Waals surface area contributed by atoms with Crippen molar-refractivity contribution in [3.05, 3.63) is 34.9 Å². The van der Waals surface area contributed by atoms with E-state index in [9.17, 15) is 58.8 Å². The second-order valence-electron chi connectivity index (χ2n) is 18.2. The Kier molecular flexibility index (Phi) is 27.2. The zero-order chi connectivity index (χ0) is 50.3. The number of phosphoric ester groups is 2. The van der Waals surface area contributed by atoms with E-state index in [2.05, 4.69) is 23.1 Å². The van der Waals surface area contributed by atoms with Crippen LogP contribution < -0.4 is 11.4 Å². The molecule has 0 aliphatic carbocycles. The molecule has 0 radical (unpaired) electrons. The molecule has 3 rings (SSSR count). The molecule has 2 saturated heterocycles. The van der Waals surface area contributed by atoms with Gasteiger partial charge in [-0.25, -0.2) is 13.9 Å². The van der Waals surface area contributed by atoms with Crippen LogP contribution in [0, 0.1) is 17.8 Å². The number of rotatable bonds is 19. The van der Waals surface area contributed by atoms with Crippen LogP contribution >= 0.6 is 15.6 Å². The van der Waals surface area contributed by atoms with Crippen molar-refractivity contribution in [3.63, 3.8) is 0 Å². The van der Waals surface area contributed by atoms with Gasteiger partial charge in [-0.3, -0.25) is 23.2 Å². The quantitative estimate of drug-likeness (QED) is 0.0366. The van der Waals surface area contributed by atoms with E-state index >= 15 is 0 Å². The second-order valence-corrected chi connectivity index (χ2v) is 21.2. The van der Waals surface area contributed by atoms with E-state index in [0.29, 0.717) is 50.9 Å². The molecule has 1 aromatic rings. The molecular weight excluding hydrogens is 932 g/mol. The fourth-order valence-electron chi connectivity index (χ4n) is 8.19.